The molecule has 3 aromatic heterocycles. The molecule has 3 rings (SSSR count). The van der Waals surface area contributed by atoms with Gasteiger partial charge in [0.25, 0.3) is 10.0 Å². The van der Waals surface area contributed by atoms with Crippen LogP contribution in [0.4, 0.5) is 0 Å². The molecule has 0 aliphatic heterocycles. The number of pyridine rings is 2. The molecule has 0 aromatic carbocycles. The molecule has 3 aromatic rings. The van der Waals surface area contributed by atoms with Gasteiger partial charge in [-0.2, -0.15) is 5.26 Å². The van der Waals surface area contributed by atoms with Gasteiger partial charge in [-0.05, 0) is 36.8 Å². The van der Waals surface area contributed by atoms with Crippen molar-refractivity contribution in [3.63, 3.8) is 0 Å². The van der Waals surface area contributed by atoms with E-state index in [1.807, 2.05) is 6.07 Å². The van der Waals surface area contributed by atoms with Gasteiger partial charge < -0.3 is 5.11 Å². The van der Waals surface area contributed by atoms with Crippen molar-refractivity contribution in [1.29, 1.82) is 5.26 Å². The van der Waals surface area contributed by atoms with Crippen molar-refractivity contribution >= 4 is 27.0 Å². The molecular weight excluding hydrogens is 344 g/mol. The first kappa shape index (κ1) is 16.6. The maximum absolute atomic E-state index is 13.0. The van der Waals surface area contributed by atoms with Gasteiger partial charge >= 0.3 is 5.97 Å². The predicted molar refractivity (Wildman–Crippen MR) is 87.3 cm³/mol. The summed E-state index contributed by atoms with van der Waals surface area (Å²) in [5.41, 5.74) is 0.916. The lowest BCUT2D eigenvalue weighted by atomic mass is 10.1. The molecule has 9 heteroatoms. The van der Waals surface area contributed by atoms with Crippen molar-refractivity contribution in [3.05, 3.63) is 53.6 Å². The quantitative estimate of drug-likeness (QED) is 0.750. The summed E-state index contributed by atoms with van der Waals surface area (Å²) in [7, 11) is -4.05. The van der Waals surface area contributed by atoms with Gasteiger partial charge in [0.1, 0.15) is 16.7 Å². The van der Waals surface area contributed by atoms with Crippen LogP contribution in [0.3, 0.4) is 0 Å². The molecule has 0 aliphatic carbocycles. The second-order valence-electron chi connectivity index (χ2n) is 5.27. The fourth-order valence-electron chi connectivity index (χ4n) is 2.64. The van der Waals surface area contributed by atoms with Crippen LogP contribution >= 0.6 is 0 Å². The summed E-state index contributed by atoms with van der Waals surface area (Å²) >= 11 is 0. The molecule has 0 amide bonds. The third-order valence-electron chi connectivity index (χ3n) is 3.76. The number of carbonyl (C=O) groups is 1. The largest absolute Gasteiger partial charge is 0.481 e. The summed E-state index contributed by atoms with van der Waals surface area (Å²) in [6.45, 7) is 1.54. The van der Waals surface area contributed by atoms with Crippen LogP contribution in [0.5, 0.6) is 0 Å². The number of rotatable bonds is 4. The number of carboxylic acids is 1. The van der Waals surface area contributed by atoms with Crippen LogP contribution in [0.25, 0.3) is 11.0 Å². The van der Waals surface area contributed by atoms with Crippen molar-refractivity contribution in [2.45, 2.75) is 18.2 Å². The minimum atomic E-state index is -4.05. The van der Waals surface area contributed by atoms with Crippen molar-refractivity contribution in [1.82, 2.24) is 13.9 Å². The highest BCUT2D eigenvalue weighted by molar-refractivity contribution is 7.90. The van der Waals surface area contributed by atoms with Gasteiger partial charge in [-0.3, -0.25) is 4.79 Å². The number of hydrogen-bond donors (Lipinski definition) is 1. The van der Waals surface area contributed by atoms with Crippen LogP contribution in [0.1, 0.15) is 17.0 Å². The normalized spacial score (nSPS) is 11.4. The topological polar surface area (TPSA) is 126 Å². The van der Waals surface area contributed by atoms with E-state index in [1.54, 1.807) is 12.1 Å². The summed E-state index contributed by atoms with van der Waals surface area (Å²) in [5.74, 6) is -1.07. The van der Waals surface area contributed by atoms with E-state index in [0.29, 0.717) is 10.9 Å². The Morgan fingerprint density at radius 3 is 2.68 bits per heavy atom. The van der Waals surface area contributed by atoms with Crippen molar-refractivity contribution in [2.75, 3.05) is 0 Å². The minimum absolute atomic E-state index is 0.0951. The van der Waals surface area contributed by atoms with Crippen LogP contribution in [0.2, 0.25) is 0 Å². The molecule has 0 bridgehead atoms. The lowest BCUT2D eigenvalue weighted by molar-refractivity contribution is -0.136. The van der Waals surface area contributed by atoms with Crippen LogP contribution in [-0.4, -0.2) is 33.4 Å². The van der Waals surface area contributed by atoms with Gasteiger partial charge in [-0.25, -0.2) is 22.4 Å². The van der Waals surface area contributed by atoms with Gasteiger partial charge in [-0.1, -0.05) is 0 Å². The highest BCUT2D eigenvalue weighted by Crippen LogP contribution is 2.28. The van der Waals surface area contributed by atoms with E-state index in [2.05, 4.69) is 9.97 Å². The average Bonchev–Trinajstić information content (AvgIpc) is 2.87. The zero-order chi connectivity index (χ0) is 18.2. The Labute approximate surface area is 143 Å². The third kappa shape index (κ3) is 2.72. The Balaban J connectivity index is 2.29. The van der Waals surface area contributed by atoms with E-state index in [9.17, 15) is 13.2 Å². The zero-order valence-corrected chi connectivity index (χ0v) is 13.9. The SMILES string of the molecule is Cc1c(CC(=O)O)c2cccnc2n1S(=O)(=O)c1ccc(C#N)nc1. The first-order chi connectivity index (χ1) is 11.9. The maximum atomic E-state index is 13.0. The average molecular weight is 356 g/mol. The first-order valence-electron chi connectivity index (χ1n) is 7.14. The zero-order valence-electron chi connectivity index (χ0n) is 13.0. The number of nitrogens with zero attached hydrogens (tertiary/aromatic N) is 4. The summed E-state index contributed by atoms with van der Waals surface area (Å²) < 4.78 is 27.1. The van der Waals surface area contributed by atoms with Crippen LogP contribution in [-0.2, 0) is 21.2 Å². The Morgan fingerprint density at radius 1 is 1.32 bits per heavy atom. The fourth-order valence-corrected chi connectivity index (χ4v) is 4.12. The van der Waals surface area contributed by atoms with Crippen molar-refractivity contribution in [2.24, 2.45) is 0 Å². The molecule has 0 saturated heterocycles. The molecule has 25 heavy (non-hydrogen) atoms. The Bertz CT molecular complexity index is 1130. The molecule has 0 saturated carbocycles. The number of aromatic nitrogens is 3. The minimum Gasteiger partial charge on any atom is -0.481 e. The molecular formula is C16H12N4O4S. The van der Waals surface area contributed by atoms with Crippen LogP contribution in [0.15, 0.2) is 41.6 Å². The predicted octanol–water partition coefficient (Wildman–Crippen LogP) is 1.48. The highest BCUT2D eigenvalue weighted by atomic mass is 32.2. The third-order valence-corrected chi connectivity index (χ3v) is 5.53. The van der Waals surface area contributed by atoms with Gasteiger partial charge in [0.2, 0.25) is 0 Å². The second kappa shape index (κ2) is 5.99. The van der Waals surface area contributed by atoms with E-state index in [1.165, 1.54) is 25.3 Å². The Kier molecular flexibility index (Phi) is 3.98. The number of fused-ring (bicyclic) bond motifs is 1. The number of nitriles is 1. The molecule has 0 fully saturated rings. The maximum Gasteiger partial charge on any atom is 0.307 e. The second-order valence-corrected chi connectivity index (χ2v) is 7.06. The van der Waals surface area contributed by atoms with Crippen molar-refractivity contribution in [3.8, 4) is 6.07 Å². The molecule has 0 aliphatic rings. The summed E-state index contributed by atoms with van der Waals surface area (Å²) in [4.78, 5) is 18.9. The highest BCUT2D eigenvalue weighted by Gasteiger charge is 2.26. The van der Waals surface area contributed by atoms with E-state index in [4.69, 9.17) is 10.4 Å². The van der Waals surface area contributed by atoms with Crippen molar-refractivity contribution < 1.29 is 18.3 Å². The lowest BCUT2D eigenvalue weighted by Gasteiger charge is -2.09. The lowest BCUT2D eigenvalue weighted by Crippen LogP contribution is -2.16. The number of aliphatic carboxylic acids is 1. The molecule has 8 nitrogen and oxygen atoms in total. The molecule has 0 atom stereocenters. The number of hydrogen-bond acceptors (Lipinski definition) is 6. The Hall–Kier alpha value is -3.25. The van der Waals surface area contributed by atoms with E-state index in [-0.39, 0.29) is 28.4 Å². The molecule has 1 N–H and O–H groups in total. The number of carboxylic acid groups (broad SMARTS) is 1. The van der Waals surface area contributed by atoms with E-state index in [0.717, 1.165) is 10.2 Å². The van der Waals surface area contributed by atoms with E-state index < -0.39 is 16.0 Å². The first-order valence-corrected chi connectivity index (χ1v) is 8.58. The Morgan fingerprint density at radius 2 is 2.08 bits per heavy atom. The molecule has 3 heterocycles. The summed E-state index contributed by atoms with van der Waals surface area (Å²) in [6.07, 6.45) is 2.22. The van der Waals surface area contributed by atoms with Gasteiger partial charge in [-0.15, -0.1) is 0 Å². The smallest absolute Gasteiger partial charge is 0.307 e. The van der Waals surface area contributed by atoms with Gasteiger partial charge in [0.05, 0.1) is 6.42 Å². The van der Waals surface area contributed by atoms with Crippen LogP contribution in [0, 0.1) is 18.3 Å². The standard InChI is InChI=1S/C16H12N4O4S/c1-10-14(7-15(21)22)13-3-2-6-18-16(13)20(10)25(23,24)12-5-4-11(8-17)19-9-12/h2-6,9H,7H2,1H3,(H,21,22). The molecule has 0 unspecified atom stereocenters. The molecule has 0 radical (unpaired) electrons. The summed E-state index contributed by atoms with van der Waals surface area (Å²) in [6, 6.07) is 7.66. The fraction of sp³-hybridized carbons (Fsp3) is 0.125. The summed E-state index contributed by atoms with van der Waals surface area (Å²) in [5, 5.41) is 18.4. The van der Waals surface area contributed by atoms with Gasteiger partial charge in [0, 0.05) is 23.5 Å². The van der Waals surface area contributed by atoms with Gasteiger partial charge in [0.15, 0.2) is 5.65 Å². The molecule has 0 spiro atoms. The van der Waals surface area contributed by atoms with E-state index >= 15 is 0 Å². The van der Waals surface area contributed by atoms with Crippen LogP contribution < -0.4 is 0 Å². The molecule has 126 valence electrons. The monoisotopic (exact) mass is 356 g/mol.